The van der Waals surface area contributed by atoms with Crippen LogP contribution in [0.1, 0.15) is 12.0 Å². The van der Waals surface area contributed by atoms with Crippen molar-refractivity contribution in [1.82, 2.24) is 9.88 Å². The van der Waals surface area contributed by atoms with Gasteiger partial charge in [-0.2, -0.15) is 0 Å². The van der Waals surface area contributed by atoms with Crippen molar-refractivity contribution in [3.8, 4) is 5.75 Å². The molecule has 0 saturated carbocycles. The lowest BCUT2D eigenvalue weighted by atomic mass is 10.2. The SMILES string of the molecule is CNc1cncc(OC2CCN(Cc3ccccc3)C2)c1. The molecular formula is C17H21N3O. The lowest BCUT2D eigenvalue weighted by Crippen LogP contribution is -2.24. The molecule has 110 valence electrons. The molecule has 0 amide bonds. The van der Waals surface area contributed by atoms with Crippen molar-refractivity contribution in [2.24, 2.45) is 0 Å². The van der Waals surface area contributed by atoms with Gasteiger partial charge in [0.25, 0.3) is 0 Å². The number of hydrogen-bond acceptors (Lipinski definition) is 4. The molecule has 4 heteroatoms. The summed E-state index contributed by atoms with van der Waals surface area (Å²) < 4.78 is 6.04. The molecule has 2 heterocycles. The van der Waals surface area contributed by atoms with Crippen LogP contribution < -0.4 is 10.1 Å². The van der Waals surface area contributed by atoms with Gasteiger partial charge in [0.15, 0.2) is 0 Å². The fraction of sp³-hybridized carbons (Fsp3) is 0.353. The summed E-state index contributed by atoms with van der Waals surface area (Å²) in [6.45, 7) is 3.05. The number of nitrogens with one attached hydrogen (secondary N) is 1. The van der Waals surface area contributed by atoms with Crippen LogP contribution in [0.25, 0.3) is 0 Å². The molecule has 1 atom stereocenters. The van der Waals surface area contributed by atoms with E-state index < -0.39 is 0 Å². The van der Waals surface area contributed by atoms with Crippen LogP contribution in [0, 0.1) is 0 Å². The van der Waals surface area contributed by atoms with Gasteiger partial charge in [-0.3, -0.25) is 9.88 Å². The van der Waals surface area contributed by atoms with Gasteiger partial charge in [0, 0.05) is 32.7 Å². The minimum absolute atomic E-state index is 0.252. The van der Waals surface area contributed by atoms with Crippen LogP contribution in [-0.4, -0.2) is 36.1 Å². The Balaban J connectivity index is 1.54. The highest BCUT2D eigenvalue weighted by Gasteiger charge is 2.24. The van der Waals surface area contributed by atoms with Crippen molar-refractivity contribution < 1.29 is 4.74 Å². The van der Waals surface area contributed by atoms with E-state index in [1.807, 2.05) is 13.1 Å². The van der Waals surface area contributed by atoms with Crippen molar-refractivity contribution in [2.75, 3.05) is 25.5 Å². The molecule has 0 aliphatic carbocycles. The van der Waals surface area contributed by atoms with Crippen LogP contribution in [0.4, 0.5) is 5.69 Å². The molecular weight excluding hydrogens is 262 g/mol. The van der Waals surface area contributed by atoms with Crippen molar-refractivity contribution in [3.05, 3.63) is 54.4 Å². The third-order valence-electron chi connectivity index (χ3n) is 3.78. The summed E-state index contributed by atoms with van der Waals surface area (Å²) in [6, 6.07) is 12.6. The topological polar surface area (TPSA) is 37.4 Å². The monoisotopic (exact) mass is 283 g/mol. The molecule has 2 aromatic rings. The minimum atomic E-state index is 0.252. The van der Waals surface area contributed by atoms with E-state index >= 15 is 0 Å². The molecule has 1 aromatic carbocycles. The highest BCUT2D eigenvalue weighted by atomic mass is 16.5. The number of aromatic nitrogens is 1. The molecule has 0 spiro atoms. The predicted octanol–water partition coefficient (Wildman–Crippen LogP) is 2.78. The predicted molar refractivity (Wildman–Crippen MR) is 84.5 cm³/mol. The van der Waals surface area contributed by atoms with E-state index in [-0.39, 0.29) is 6.10 Å². The Kier molecular flexibility index (Phi) is 4.36. The molecule has 1 saturated heterocycles. The summed E-state index contributed by atoms with van der Waals surface area (Å²) in [5.41, 5.74) is 2.34. The van der Waals surface area contributed by atoms with Crippen LogP contribution in [0.15, 0.2) is 48.8 Å². The largest absolute Gasteiger partial charge is 0.487 e. The van der Waals surface area contributed by atoms with Gasteiger partial charge in [0.05, 0.1) is 18.1 Å². The number of pyridine rings is 1. The molecule has 1 fully saturated rings. The first kappa shape index (κ1) is 13.9. The molecule has 1 N–H and O–H groups in total. The van der Waals surface area contributed by atoms with Crippen LogP contribution in [0.2, 0.25) is 0 Å². The molecule has 1 aromatic heterocycles. The first-order valence-electron chi connectivity index (χ1n) is 7.39. The highest BCUT2D eigenvalue weighted by molar-refractivity contribution is 5.44. The normalized spacial score (nSPS) is 18.6. The van der Waals surface area contributed by atoms with E-state index in [9.17, 15) is 0 Å². The molecule has 3 rings (SSSR count). The van der Waals surface area contributed by atoms with Crippen LogP contribution >= 0.6 is 0 Å². The Morgan fingerprint density at radius 1 is 1.29 bits per heavy atom. The second kappa shape index (κ2) is 6.59. The molecule has 1 aliphatic heterocycles. The maximum Gasteiger partial charge on any atom is 0.140 e. The zero-order valence-corrected chi connectivity index (χ0v) is 12.3. The number of anilines is 1. The van der Waals surface area contributed by atoms with Crippen LogP contribution in [0.3, 0.4) is 0 Å². The Morgan fingerprint density at radius 2 is 2.14 bits per heavy atom. The van der Waals surface area contributed by atoms with Crippen molar-refractivity contribution in [1.29, 1.82) is 0 Å². The summed E-state index contributed by atoms with van der Waals surface area (Å²) in [7, 11) is 1.89. The second-order valence-electron chi connectivity index (χ2n) is 5.41. The summed E-state index contributed by atoms with van der Waals surface area (Å²) in [5, 5.41) is 3.08. The molecule has 0 radical (unpaired) electrons. The molecule has 1 unspecified atom stereocenters. The molecule has 1 aliphatic rings. The fourth-order valence-corrected chi connectivity index (χ4v) is 2.69. The van der Waals surface area contributed by atoms with E-state index in [1.165, 1.54) is 5.56 Å². The van der Waals surface area contributed by atoms with Gasteiger partial charge in [-0.05, 0) is 12.0 Å². The Labute approximate surface area is 125 Å². The quantitative estimate of drug-likeness (QED) is 0.915. The van der Waals surface area contributed by atoms with Gasteiger partial charge >= 0.3 is 0 Å². The third-order valence-corrected chi connectivity index (χ3v) is 3.78. The smallest absolute Gasteiger partial charge is 0.140 e. The van der Waals surface area contributed by atoms with E-state index in [1.54, 1.807) is 12.4 Å². The number of rotatable bonds is 5. The second-order valence-corrected chi connectivity index (χ2v) is 5.41. The first-order chi connectivity index (χ1) is 10.3. The summed E-state index contributed by atoms with van der Waals surface area (Å²) in [5.74, 6) is 0.841. The first-order valence-corrected chi connectivity index (χ1v) is 7.39. The number of likely N-dealkylation sites (tertiary alicyclic amines) is 1. The zero-order valence-electron chi connectivity index (χ0n) is 12.3. The Hall–Kier alpha value is -2.07. The molecule has 4 nitrogen and oxygen atoms in total. The van der Waals surface area contributed by atoms with E-state index in [4.69, 9.17) is 4.74 Å². The summed E-state index contributed by atoms with van der Waals surface area (Å²) >= 11 is 0. The fourth-order valence-electron chi connectivity index (χ4n) is 2.69. The van der Waals surface area contributed by atoms with Crippen LogP contribution in [-0.2, 0) is 6.54 Å². The summed E-state index contributed by atoms with van der Waals surface area (Å²) in [6.07, 6.45) is 4.89. The number of hydrogen-bond donors (Lipinski definition) is 1. The van der Waals surface area contributed by atoms with Gasteiger partial charge in [-0.1, -0.05) is 30.3 Å². The maximum atomic E-state index is 6.04. The van der Waals surface area contributed by atoms with Gasteiger partial charge < -0.3 is 10.1 Å². The van der Waals surface area contributed by atoms with Gasteiger partial charge in [-0.25, -0.2) is 0 Å². The Morgan fingerprint density at radius 3 is 2.95 bits per heavy atom. The van der Waals surface area contributed by atoms with Crippen molar-refractivity contribution in [3.63, 3.8) is 0 Å². The van der Waals surface area contributed by atoms with Gasteiger partial charge in [0.2, 0.25) is 0 Å². The Bertz CT molecular complexity index is 573. The van der Waals surface area contributed by atoms with Gasteiger partial charge in [-0.15, -0.1) is 0 Å². The average molecular weight is 283 g/mol. The van der Waals surface area contributed by atoms with Crippen LogP contribution in [0.5, 0.6) is 5.75 Å². The molecule has 21 heavy (non-hydrogen) atoms. The van der Waals surface area contributed by atoms with Crippen molar-refractivity contribution >= 4 is 5.69 Å². The standard InChI is InChI=1S/C17H21N3O/c1-18-15-9-17(11-19-10-15)21-16-7-8-20(13-16)12-14-5-3-2-4-6-14/h2-6,9-11,16,18H,7-8,12-13H2,1H3. The number of benzene rings is 1. The third kappa shape index (κ3) is 3.73. The number of nitrogens with zero attached hydrogens (tertiary/aromatic N) is 2. The van der Waals surface area contributed by atoms with Crippen molar-refractivity contribution in [2.45, 2.75) is 19.1 Å². The number of ether oxygens (including phenoxy) is 1. The lowest BCUT2D eigenvalue weighted by molar-refractivity contribution is 0.198. The highest BCUT2D eigenvalue weighted by Crippen LogP contribution is 2.21. The lowest BCUT2D eigenvalue weighted by Gasteiger charge is -2.17. The van der Waals surface area contributed by atoms with E-state index in [2.05, 4.69) is 45.5 Å². The summed E-state index contributed by atoms with van der Waals surface area (Å²) in [4.78, 5) is 6.62. The zero-order chi connectivity index (χ0) is 14.5. The maximum absolute atomic E-state index is 6.04. The van der Waals surface area contributed by atoms with E-state index in [0.717, 1.165) is 37.5 Å². The average Bonchev–Trinajstić information content (AvgIpc) is 2.95. The minimum Gasteiger partial charge on any atom is -0.487 e. The van der Waals surface area contributed by atoms with Gasteiger partial charge in [0.1, 0.15) is 11.9 Å². The van der Waals surface area contributed by atoms with E-state index in [0.29, 0.717) is 0 Å². The molecule has 0 bridgehead atoms.